The van der Waals surface area contributed by atoms with Crippen LogP contribution in [-0.4, -0.2) is 140 Å². The zero-order valence-electron chi connectivity index (χ0n) is 50.6. The van der Waals surface area contributed by atoms with Gasteiger partial charge < -0.3 is 65.1 Å². The van der Waals surface area contributed by atoms with E-state index in [1.807, 2.05) is 0 Å². The van der Waals surface area contributed by atoms with E-state index < -0.39 is 86.8 Å². The van der Waals surface area contributed by atoms with Gasteiger partial charge in [0.15, 0.2) is 12.6 Å². The SMILES string of the molecule is CC/C=C\C/C=C\C/C=C\C/C=C\CCCCCCCCCCCCC(=O)NC(COC1OC(CO)C(OC2OC(CO)C(O)C(O)C2O)C(O)C1O)C(O)CCCCCCCCCCCCCCCCCCCCCCCCC. The Balaban J connectivity index is 1.71. The highest BCUT2D eigenvalue weighted by Crippen LogP contribution is 2.30. The van der Waals surface area contributed by atoms with E-state index in [9.17, 15) is 45.6 Å². The number of aliphatic hydroxyl groups excluding tert-OH is 8. The predicted molar refractivity (Wildman–Crippen MR) is 323 cm³/mol. The van der Waals surface area contributed by atoms with E-state index in [1.54, 1.807) is 0 Å². The third kappa shape index (κ3) is 35.9. The Hall–Kier alpha value is -2.05. The van der Waals surface area contributed by atoms with Crippen LogP contribution in [0.15, 0.2) is 48.6 Å². The van der Waals surface area contributed by atoms with E-state index in [-0.39, 0.29) is 12.5 Å². The summed E-state index contributed by atoms with van der Waals surface area (Å²) in [4.78, 5) is 13.3. The summed E-state index contributed by atoms with van der Waals surface area (Å²) in [5, 5.41) is 87.5. The number of carbonyl (C=O) groups excluding carboxylic acids is 1. The molecule has 0 aromatic heterocycles. The number of rotatable bonds is 53. The fourth-order valence-electron chi connectivity index (χ4n) is 10.8. The Morgan fingerprint density at radius 2 is 0.863 bits per heavy atom. The maximum absolute atomic E-state index is 13.3. The van der Waals surface area contributed by atoms with Crippen LogP contribution in [0.2, 0.25) is 0 Å². The molecule has 2 saturated heterocycles. The van der Waals surface area contributed by atoms with Crippen molar-refractivity contribution in [2.24, 2.45) is 0 Å². The molecule has 9 N–H and O–H groups in total. The molecule has 14 nitrogen and oxygen atoms in total. The van der Waals surface area contributed by atoms with Crippen molar-refractivity contribution in [1.82, 2.24) is 5.32 Å². The molecule has 0 bridgehead atoms. The molecule has 0 saturated carbocycles. The molecule has 0 spiro atoms. The number of nitrogens with one attached hydrogen (secondary N) is 1. The minimum absolute atomic E-state index is 0.210. The average Bonchev–Trinajstić information content (AvgIpc) is 3.46. The van der Waals surface area contributed by atoms with E-state index >= 15 is 0 Å². The lowest BCUT2D eigenvalue weighted by molar-refractivity contribution is -0.359. The first-order chi connectivity index (χ1) is 39.1. The normalized spacial score (nSPS) is 24.5. The summed E-state index contributed by atoms with van der Waals surface area (Å²) in [6.45, 7) is 2.78. The number of hydrogen-bond donors (Lipinski definition) is 9. The van der Waals surface area contributed by atoms with Crippen molar-refractivity contribution in [3.8, 4) is 0 Å². The molecule has 1 amide bonds. The minimum Gasteiger partial charge on any atom is -0.394 e. The molecule has 2 rings (SSSR count). The number of unbranched alkanes of at least 4 members (excludes halogenated alkanes) is 32. The van der Waals surface area contributed by atoms with Gasteiger partial charge in [0.2, 0.25) is 5.91 Å². The summed E-state index contributed by atoms with van der Waals surface area (Å²) in [7, 11) is 0. The van der Waals surface area contributed by atoms with Gasteiger partial charge in [0.1, 0.15) is 48.8 Å². The van der Waals surface area contributed by atoms with Gasteiger partial charge in [-0.3, -0.25) is 4.79 Å². The van der Waals surface area contributed by atoms with E-state index in [4.69, 9.17) is 18.9 Å². The van der Waals surface area contributed by atoms with E-state index in [2.05, 4.69) is 67.8 Å². The van der Waals surface area contributed by atoms with Crippen LogP contribution in [0, 0.1) is 0 Å². The van der Waals surface area contributed by atoms with Crippen molar-refractivity contribution in [3.05, 3.63) is 48.6 Å². The number of amides is 1. The van der Waals surface area contributed by atoms with Gasteiger partial charge >= 0.3 is 0 Å². The van der Waals surface area contributed by atoms with Gasteiger partial charge in [0, 0.05) is 6.42 Å². The largest absolute Gasteiger partial charge is 0.394 e. The maximum atomic E-state index is 13.3. The summed E-state index contributed by atoms with van der Waals surface area (Å²) in [5.74, 6) is -0.210. The van der Waals surface area contributed by atoms with Crippen LogP contribution < -0.4 is 5.32 Å². The molecule has 2 aliphatic heterocycles. The number of allylic oxidation sites excluding steroid dienone is 8. The molecule has 2 heterocycles. The molecule has 12 unspecified atom stereocenters. The third-order valence-electron chi connectivity index (χ3n) is 16.1. The second-order valence-electron chi connectivity index (χ2n) is 23.2. The average molecular weight is 1140 g/mol. The molecule has 2 fully saturated rings. The molecule has 2 aliphatic rings. The predicted octanol–water partition coefficient (Wildman–Crippen LogP) is 12.3. The zero-order chi connectivity index (χ0) is 58.1. The van der Waals surface area contributed by atoms with E-state index in [0.717, 1.165) is 83.5 Å². The van der Waals surface area contributed by atoms with Crippen LogP contribution in [0.3, 0.4) is 0 Å². The van der Waals surface area contributed by atoms with E-state index in [0.29, 0.717) is 12.8 Å². The smallest absolute Gasteiger partial charge is 0.220 e. The van der Waals surface area contributed by atoms with Crippen molar-refractivity contribution in [1.29, 1.82) is 0 Å². The van der Waals surface area contributed by atoms with Gasteiger partial charge in [0.25, 0.3) is 0 Å². The van der Waals surface area contributed by atoms with Crippen molar-refractivity contribution in [2.45, 2.75) is 344 Å². The monoisotopic (exact) mass is 1140 g/mol. The summed E-state index contributed by atoms with van der Waals surface area (Å²) < 4.78 is 22.9. The number of carbonyl (C=O) groups is 1. The lowest BCUT2D eigenvalue weighted by Gasteiger charge is -2.46. The lowest BCUT2D eigenvalue weighted by Crippen LogP contribution is -2.65. The molecular formula is C66H121NO13. The van der Waals surface area contributed by atoms with Crippen molar-refractivity contribution < 1.29 is 64.6 Å². The molecule has 468 valence electrons. The summed E-state index contributed by atoms with van der Waals surface area (Å²) in [6, 6.07) is -0.834. The Morgan fingerprint density at radius 3 is 1.32 bits per heavy atom. The van der Waals surface area contributed by atoms with Gasteiger partial charge in [-0.25, -0.2) is 0 Å². The fourth-order valence-corrected chi connectivity index (χ4v) is 10.8. The third-order valence-corrected chi connectivity index (χ3v) is 16.1. The highest BCUT2D eigenvalue weighted by Gasteiger charge is 2.51. The molecular weight excluding hydrogens is 1010 g/mol. The van der Waals surface area contributed by atoms with Crippen LogP contribution in [-0.2, 0) is 23.7 Å². The highest BCUT2D eigenvalue weighted by molar-refractivity contribution is 5.76. The molecule has 14 heteroatoms. The number of aliphatic hydroxyl groups is 8. The van der Waals surface area contributed by atoms with Crippen molar-refractivity contribution >= 4 is 5.91 Å². The topological polar surface area (TPSA) is 228 Å². The second kappa shape index (κ2) is 51.4. The Labute approximate surface area is 486 Å². The Bertz CT molecular complexity index is 1530. The van der Waals surface area contributed by atoms with Crippen LogP contribution in [0.1, 0.15) is 271 Å². The minimum atomic E-state index is -1.78. The first-order valence-electron chi connectivity index (χ1n) is 32.9. The molecule has 0 radical (unpaired) electrons. The van der Waals surface area contributed by atoms with Crippen molar-refractivity contribution in [3.63, 3.8) is 0 Å². The van der Waals surface area contributed by atoms with Crippen LogP contribution in [0.5, 0.6) is 0 Å². The van der Waals surface area contributed by atoms with Gasteiger partial charge in [-0.2, -0.15) is 0 Å². The Kier molecular flexibility index (Phi) is 47.6. The van der Waals surface area contributed by atoms with Gasteiger partial charge in [-0.15, -0.1) is 0 Å². The lowest BCUT2D eigenvalue weighted by atomic mass is 9.97. The van der Waals surface area contributed by atoms with Gasteiger partial charge in [-0.05, 0) is 51.4 Å². The molecule has 0 aliphatic carbocycles. The van der Waals surface area contributed by atoms with Crippen LogP contribution in [0.25, 0.3) is 0 Å². The van der Waals surface area contributed by atoms with Gasteiger partial charge in [0.05, 0.1) is 32.0 Å². The van der Waals surface area contributed by atoms with Crippen LogP contribution in [0.4, 0.5) is 0 Å². The first kappa shape index (κ1) is 74.1. The summed E-state index contributed by atoms with van der Waals surface area (Å²) in [5.41, 5.74) is 0. The molecule has 0 aromatic rings. The summed E-state index contributed by atoms with van der Waals surface area (Å²) in [6.07, 6.45) is 48.2. The first-order valence-corrected chi connectivity index (χ1v) is 32.9. The maximum Gasteiger partial charge on any atom is 0.220 e. The van der Waals surface area contributed by atoms with Crippen LogP contribution >= 0.6 is 0 Å². The fraction of sp³-hybridized carbons (Fsp3) is 0.864. The Morgan fingerprint density at radius 1 is 0.463 bits per heavy atom. The second-order valence-corrected chi connectivity index (χ2v) is 23.2. The molecule has 12 atom stereocenters. The quantitative estimate of drug-likeness (QED) is 0.0204. The highest BCUT2D eigenvalue weighted by atomic mass is 16.7. The standard InChI is InChI=1S/C66H121NO13/c1-3-5-7-9-11-13-15-17-19-21-23-25-27-29-31-33-35-37-39-41-43-45-47-49-55(70)54(53-77-65-63(76)61(74)64(57(52-69)79-65)80-66-62(75)60(73)59(72)56(51-68)78-66)67-58(71)50-48-46-44-42-40-38-36-34-32-30-28-26-24-22-20-18-16-14-12-10-8-6-4-2/h6,8,12,14,18,20,24,26,54-57,59-66,68-70,72-76H,3-5,7,9-11,13,15-17,19,21-23,25,27-53H2,1-2H3,(H,67,71)/b8-6-,14-12-,20-18-,26-24-. The number of ether oxygens (including phenoxy) is 4. The molecule has 80 heavy (non-hydrogen) atoms. The van der Waals surface area contributed by atoms with E-state index in [1.165, 1.54) is 161 Å². The van der Waals surface area contributed by atoms with Crippen molar-refractivity contribution in [2.75, 3.05) is 19.8 Å². The van der Waals surface area contributed by atoms with Gasteiger partial charge in [-0.1, -0.05) is 262 Å². The number of hydrogen-bond acceptors (Lipinski definition) is 13. The molecule has 0 aromatic carbocycles. The summed E-state index contributed by atoms with van der Waals surface area (Å²) >= 11 is 0. The zero-order valence-corrected chi connectivity index (χ0v) is 50.6.